The number of nitrogen functional groups attached to an aromatic ring is 1. The maximum Gasteiger partial charge on any atom is 0.332 e. The Kier molecular flexibility index (Phi) is 6.31. The van der Waals surface area contributed by atoms with Gasteiger partial charge in [-0.3, -0.25) is 23.3 Å². The molecule has 3 aromatic rings. The molecule has 158 valence electrons. The van der Waals surface area contributed by atoms with Gasteiger partial charge in [0.25, 0.3) is 5.56 Å². The molecule has 2 N–H and O–H groups in total. The Labute approximate surface area is 178 Å². The molecule has 30 heavy (non-hydrogen) atoms. The molecule has 0 spiro atoms. The summed E-state index contributed by atoms with van der Waals surface area (Å²) in [7, 11) is 1.36. The summed E-state index contributed by atoms with van der Waals surface area (Å²) in [5.41, 5.74) is 6.78. The minimum Gasteiger partial charge on any atom is -0.384 e. The minimum absolute atomic E-state index is 0.0256. The van der Waals surface area contributed by atoms with E-state index in [1.807, 2.05) is 55.8 Å². The standard InChI is InChI=1S/C21H25N5O3S/c1-13(2)11-26-18(22)17(19(28)24(4)21(26)29)16(27)12-30-20-23-8-9-25(20)15-7-5-6-14(3)10-15/h5-10,13H,11-12,22H2,1-4H3. The zero-order chi connectivity index (χ0) is 22.0. The average molecular weight is 428 g/mol. The summed E-state index contributed by atoms with van der Waals surface area (Å²) < 4.78 is 4.11. The van der Waals surface area contributed by atoms with Gasteiger partial charge in [-0.15, -0.1) is 0 Å². The highest BCUT2D eigenvalue weighted by molar-refractivity contribution is 7.99. The van der Waals surface area contributed by atoms with E-state index in [-0.39, 0.29) is 23.1 Å². The number of hydrogen-bond donors (Lipinski definition) is 1. The summed E-state index contributed by atoms with van der Waals surface area (Å²) in [5, 5.41) is 0.625. The van der Waals surface area contributed by atoms with Crippen LogP contribution in [-0.4, -0.2) is 30.2 Å². The number of Topliss-reactive ketones (excluding diaryl/α,β-unsaturated/α-hetero) is 1. The summed E-state index contributed by atoms with van der Waals surface area (Å²) in [5.74, 6) is -0.414. The fourth-order valence-electron chi connectivity index (χ4n) is 3.16. The van der Waals surface area contributed by atoms with Crippen molar-refractivity contribution < 1.29 is 4.79 Å². The maximum atomic E-state index is 12.9. The third-order valence-corrected chi connectivity index (χ3v) is 5.60. The van der Waals surface area contributed by atoms with Crippen LogP contribution in [0.1, 0.15) is 29.8 Å². The molecule has 0 aliphatic rings. The molecule has 0 amide bonds. The van der Waals surface area contributed by atoms with E-state index in [1.54, 1.807) is 6.20 Å². The van der Waals surface area contributed by atoms with Crippen LogP contribution in [0.3, 0.4) is 0 Å². The first-order valence-corrected chi connectivity index (χ1v) is 10.5. The van der Waals surface area contributed by atoms with E-state index in [9.17, 15) is 14.4 Å². The van der Waals surface area contributed by atoms with Crippen molar-refractivity contribution in [3.8, 4) is 5.69 Å². The zero-order valence-electron chi connectivity index (χ0n) is 17.5. The molecular formula is C21H25N5O3S. The molecule has 2 heterocycles. The molecule has 3 rings (SSSR count). The van der Waals surface area contributed by atoms with Crippen LogP contribution in [0.15, 0.2) is 51.4 Å². The Balaban J connectivity index is 1.90. The van der Waals surface area contributed by atoms with Crippen LogP contribution in [-0.2, 0) is 13.6 Å². The lowest BCUT2D eigenvalue weighted by Gasteiger charge is -2.16. The molecule has 8 nitrogen and oxygen atoms in total. The highest BCUT2D eigenvalue weighted by atomic mass is 32.2. The molecule has 0 atom stereocenters. The molecule has 2 aromatic heterocycles. The van der Waals surface area contributed by atoms with Crippen molar-refractivity contribution in [3.05, 3.63) is 68.6 Å². The predicted octanol–water partition coefficient (Wildman–Crippen LogP) is 2.25. The molecule has 0 fully saturated rings. The molecule has 0 aliphatic heterocycles. The summed E-state index contributed by atoms with van der Waals surface area (Å²) in [6.45, 7) is 6.18. The topological polar surface area (TPSA) is 105 Å². The number of rotatable bonds is 7. The number of aromatic nitrogens is 4. The molecule has 9 heteroatoms. The molecule has 0 saturated heterocycles. The number of hydrogen-bond acceptors (Lipinski definition) is 6. The lowest BCUT2D eigenvalue weighted by molar-refractivity contribution is 0.102. The molecular weight excluding hydrogens is 402 g/mol. The van der Waals surface area contributed by atoms with Gasteiger partial charge in [0.15, 0.2) is 10.9 Å². The average Bonchev–Trinajstić information content (AvgIpc) is 3.17. The summed E-state index contributed by atoms with van der Waals surface area (Å²) in [4.78, 5) is 42.2. The van der Waals surface area contributed by atoms with E-state index in [4.69, 9.17) is 5.73 Å². The predicted molar refractivity (Wildman–Crippen MR) is 119 cm³/mol. The fourth-order valence-corrected chi connectivity index (χ4v) is 4.01. The molecule has 0 unspecified atom stereocenters. The molecule has 0 bridgehead atoms. The number of aryl methyl sites for hydroxylation is 1. The number of carbonyl (C=O) groups excluding carboxylic acids is 1. The molecule has 0 aliphatic carbocycles. The van der Waals surface area contributed by atoms with Crippen molar-refractivity contribution in [2.75, 3.05) is 11.5 Å². The van der Waals surface area contributed by atoms with E-state index in [1.165, 1.54) is 23.4 Å². The van der Waals surface area contributed by atoms with E-state index in [0.29, 0.717) is 11.7 Å². The number of nitrogens with two attached hydrogens (primary N) is 1. The number of imidazole rings is 1. The fraction of sp³-hybridized carbons (Fsp3) is 0.333. The van der Waals surface area contributed by atoms with Crippen LogP contribution in [0.5, 0.6) is 0 Å². The third kappa shape index (κ3) is 4.25. The molecule has 0 saturated carbocycles. The smallest absolute Gasteiger partial charge is 0.332 e. The van der Waals surface area contributed by atoms with Gasteiger partial charge in [-0.2, -0.15) is 0 Å². The molecule has 1 aromatic carbocycles. The van der Waals surface area contributed by atoms with Gasteiger partial charge in [-0.1, -0.05) is 37.7 Å². The first-order chi connectivity index (χ1) is 14.2. The Morgan fingerprint density at radius 2 is 2.00 bits per heavy atom. The van der Waals surface area contributed by atoms with Crippen molar-refractivity contribution in [3.63, 3.8) is 0 Å². The van der Waals surface area contributed by atoms with E-state index in [0.717, 1.165) is 15.8 Å². The lowest BCUT2D eigenvalue weighted by Crippen LogP contribution is -2.43. The first-order valence-electron chi connectivity index (χ1n) is 9.56. The normalized spacial score (nSPS) is 11.2. The van der Waals surface area contributed by atoms with Crippen LogP contribution < -0.4 is 17.0 Å². The summed E-state index contributed by atoms with van der Waals surface area (Å²) in [6.07, 6.45) is 3.48. The van der Waals surface area contributed by atoms with Crippen molar-refractivity contribution in [2.45, 2.75) is 32.5 Å². The van der Waals surface area contributed by atoms with Crippen LogP contribution in [0.2, 0.25) is 0 Å². The van der Waals surface area contributed by atoms with E-state index >= 15 is 0 Å². The van der Waals surface area contributed by atoms with Crippen LogP contribution in [0.25, 0.3) is 5.69 Å². The molecule has 0 radical (unpaired) electrons. The summed E-state index contributed by atoms with van der Waals surface area (Å²) >= 11 is 1.22. The Morgan fingerprint density at radius 1 is 1.27 bits per heavy atom. The van der Waals surface area contributed by atoms with Crippen molar-refractivity contribution in [1.29, 1.82) is 0 Å². The highest BCUT2D eigenvalue weighted by Crippen LogP contribution is 2.22. The number of anilines is 1. The van der Waals surface area contributed by atoms with Gasteiger partial charge in [0, 0.05) is 31.7 Å². The summed E-state index contributed by atoms with van der Waals surface area (Å²) in [6, 6.07) is 7.92. The number of carbonyl (C=O) groups is 1. The third-order valence-electron chi connectivity index (χ3n) is 4.63. The number of ketones is 1. The van der Waals surface area contributed by atoms with Gasteiger partial charge in [-0.05, 0) is 30.5 Å². The van der Waals surface area contributed by atoms with Gasteiger partial charge in [0.1, 0.15) is 11.4 Å². The van der Waals surface area contributed by atoms with E-state index < -0.39 is 17.0 Å². The Morgan fingerprint density at radius 3 is 2.67 bits per heavy atom. The SMILES string of the molecule is Cc1cccc(-n2ccnc2SCC(=O)c2c(N)n(CC(C)C)c(=O)n(C)c2=O)c1. The van der Waals surface area contributed by atoms with Crippen molar-refractivity contribution in [1.82, 2.24) is 18.7 Å². The Bertz CT molecular complexity index is 1210. The van der Waals surface area contributed by atoms with Crippen molar-refractivity contribution >= 4 is 23.4 Å². The highest BCUT2D eigenvalue weighted by Gasteiger charge is 2.22. The van der Waals surface area contributed by atoms with Crippen LogP contribution >= 0.6 is 11.8 Å². The van der Waals surface area contributed by atoms with Crippen LogP contribution in [0.4, 0.5) is 5.82 Å². The van der Waals surface area contributed by atoms with Crippen LogP contribution in [0, 0.1) is 12.8 Å². The number of benzene rings is 1. The van der Waals surface area contributed by atoms with Gasteiger partial charge in [0.2, 0.25) is 0 Å². The van der Waals surface area contributed by atoms with Gasteiger partial charge in [-0.25, -0.2) is 9.78 Å². The maximum absolute atomic E-state index is 12.9. The van der Waals surface area contributed by atoms with Crippen molar-refractivity contribution in [2.24, 2.45) is 13.0 Å². The second kappa shape index (κ2) is 8.74. The van der Waals surface area contributed by atoms with Gasteiger partial charge in [0.05, 0.1) is 5.75 Å². The monoisotopic (exact) mass is 427 g/mol. The Hall–Kier alpha value is -3.07. The number of nitrogens with zero attached hydrogens (tertiary/aromatic N) is 4. The van der Waals surface area contributed by atoms with Gasteiger partial charge >= 0.3 is 5.69 Å². The quantitative estimate of drug-likeness (QED) is 0.458. The first kappa shape index (κ1) is 21.6. The van der Waals surface area contributed by atoms with E-state index in [2.05, 4.69) is 4.98 Å². The van der Waals surface area contributed by atoms with Gasteiger partial charge < -0.3 is 5.73 Å². The number of thioether (sulfide) groups is 1. The second-order valence-electron chi connectivity index (χ2n) is 7.54. The lowest BCUT2D eigenvalue weighted by atomic mass is 10.2. The minimum atomic E-state index is -0.676. The second-order valence-corrected chi connectivity index (χ2v) is 8.48. The largest absolute Gasteiger partial charge is 0.384 e. The zero-order valence-corrected chi connectivity index (χ0v) is 18.3.